The van der Waals surface area contributed by atoms with Crippen molar-refractivity contribution in [3.05, 3.63) is 80.0 Å². The van der Waals surface area contributed by atoms with Crippen LogP contribution in [-0.2, 0) is 5.75 Å². The second kappa shape index (κ2) is 7.68. The van der Waals surface area contributed by atoms with Gasteiger partial charge < -0.3 is 4.98 Å². The number of rotatable bonds is 4. The van der Waals surface area contributed by atoms with Gasteiger partial charge in [0.2, 0.25) is 0 Å². The van der Waals surface area contributed by atoms with Crippen LogP contribution in [-0.4, -0.2) is 9.97 Å². The lowest BCUT2D eigenvalue weighted by atomic mass is 10.1. The molecule has 0 radical (unpaired) electrons. The van der Waals surface area contributed by atoms with E-state index in [0.717, 1.165) is 21.2 Å². The molecule has 6 heteroatoms. The molecule has 0 aliphatic heterocycles. The third-order valence-corrected chi connectivity index (χ3v) is 5.10. The van der Waals surface area contributed by atoms with Crippen LogP contribution in [0.5, 0.6) is 0 Å². The van der Waals surface area contributed by atoms with Crippen molar-refractivity contribution in [3.8, 4) is 17.3 Å². The van der Waals surface area contributed by atoms with E-state index in [0.29, 0.717) is 16.6 Å². The van der Waals surface area contributed by atoms with Crippen molar-refractivity contribution >= 4 is 27.7 Å². The Morgan fingerprint density at radius 2 is 1.84 bits per heavy atom. The summed E-state index contributed by atoms with van der Waals surface area (Å²) in [4.78, 5) is 19.5. The van der Waals surface area contributed by atoms with Crippen LogP contribution in [0.3, 0.4) is 0 Å². The van der Waals surface area contributed by atoms with Crippen LogP contribution in [0.4, 0.5) is 0 Å². The summed E-state index contributed by atoms with van der Waals surface area (Å²) in [5.74, 6) is 0.676. The van der Waals surface area contributed by atoms with Gasteiger partial charge in [-0.3, -0.25) is 4.79 Å². The maximum Gasteiger partial charge on any atom is 0.270 e. The van der Waals surface area contributed by atoms with Gasteiger partial charge in [-0.05, 0) is 24.6 Å². The molecule has 124 valence electrons. The third-order valence-electron chi connectivity index (χ3n) is 3.62. The fraction of sp³-hybridized carbons (Fsp3) is 0.105. The van der Waals surface area contributed by atoms with Crippen molar-refractivity contribution in [2.75, 3.05) is 0 Å². The monoisotopic (exact) mass is 411 g/mol. The molecule has 0 aliphatic rings. The maximum atomic E-state index is 12.3. The second-order valence-electron chi connectivity index (χ2n) is 5.49. The van der Waals surface area contributed by atoms with Gasteiger partial charge in [-0.1, -0.05) is 69.7 Å². The molecule has 0 unspecified atom stereocenters. The van der Waals surface area contributed by atoms with E-state index in [4.69, 9.17) is 0 Å². The Morgan fingerprint density at radius 1 is 1.16 bits per heavy atom. The van der Waals surface area contributed by atoms with E-state index in [-0.39, 0.29) is 5.56 Å². The topological polar surface area (TPSA) is 69.5 Å². The van der Waals surface area contributed by atoms with Gasteiger partial charge in [0.25, 0.3) is 5.56 Å². The molecule has 0 saturated heterocycles. The molecule has 0 fully saturated rings. The zero-order valence-electron chi connectivity index (χ0n) is 13.4. The normalized spacial score (nSPS) is 10.4. The lowest BCUT2D eigenvalue weighted by Gasteiger charge is -2.07. The van der Waals surface area contributed by atoms with Gasteiger partial charge in [0.15, 0.2) is 5.16 Å². The number of thioether (sulfide) groups is 1. The second-order valence-corrected chi connectivity index (χ2v) is 7.37. The molecule has 0 bridgehead atoms. The van der Waals surface area contributed by atoms with E-state index in [9.17, 15) is 10.1 Å². The number of nitriles is 1. The van der Waals surface area contributed by atoms with E-state index >= 15 is 0 Å². The Bertz CT molecular complexity index is 989. The van der Waals surface area contributed by atoms with E-state index in [2.05, 4.69) is 25.9 Å². The maximum absolute atomic E-state index is 12.3. The van der Waals surface area contributed by atoms with Crippen LogP contribution < -0.4 is 5.56 Å². The summed E-state index contributed by atoms with van der Waals surface area (Å²) in [5, 5.41) is 9.82. The number of nitrogens with zero attached hydrogens (tertiary/aromatic N) is 2. The van der Waals surface area contributed by atoms with Gasteiger partial charge in [0, 0.05) is 15.8 Å². The largest absolute Gasteiger partial charge is 0.300 e. The molecule has 4 nitrogen and oxygen atoms in total. The van der Waals surface area contributed by atoms with Crippen molar-refractivity contribution in [1.29, 1.82) is 5.26 Å². The first kappa shape index (κ1) is 17.5. The molecule has 1 N–H and O–H groups in total. The number of nitrogens with one attached hydrogen (secondary N) is 1. The van der Waals surface area contributed by atoms with Crippen LogP contribution in [0, 0.1) is 18.3 Å². The summed E-state index contributed by atoms with van der Waals surface area (Å²) in [5.41, 5.74) is 3.04. The third kappa shape index (κ3) is 4.19. The Kier molecular flexibility index (Phi) is 5.37. The molecule has 1 heterocycles. The first-order chi connectivity index (χ1) is 12.1. The molecule has 3 rings (SSSR count). The molecular weight excluding hydrogens is 398 g/mol. The fourth-order valence-electron chi connectivity index (χ4n) is 2.28. The van der Waals surface area contributed by atoms with Gasteiger partial charge in [0.1, 0.15) is 11.6 Å². The minimum atomic E-state index is -0.411. The smallest absolute Gasteiger partial charge is 0.270 e. The molecule has 2 aromatic carbocycles. The van der Waals surface area contributed by atoms with Crippen molar-refractivity contribution in [2.45, 2.75) is 17.8 Å². The highest BCUT2D eigenvalue weighted by molar-refractivity contribution is 9.10. The molecule has 0 aliphatic carbocycles. The summed E-state index contributed by atoms with van der Waals surface area (Å²) in [7, 11) is 0. The number of H-pyrrole nitrogens is 1. The first-order valence-electron chi connectivity index (χ1n) is 7.55. The predicted octanol–water partition coefficient (Wildman–Crippen LogP) is 4.67. The molecule has 0 saturated carbocycles. The zero-order valence-corrected chi connectivity index (χ0v) is 15.8. The molecule has 1 aromatic heterocycles. The van der Waals surface area contributed by atoms with Gasteiger partial charge in [-0.2, -0.15) is 5.26 Å². The summed E-state index contributed by atoms with van der Waals surface area (Å²) >= 11 is 4.84. The van der Waals surface area contributed by atoms with Gasteiger partial charge >= 0.3 is 0 Å². The minimum absolute atomic E-state index is 0.0387. The number of hydrogen-bond acceptors (Lipinski definition) is 4. The Morgan fingerprint density at radius 3 is 2.48 bits per heavy atom. The van der Waals surface area contributed by atoms with Crippen LogP contribution in [0.1, 0.15) is 16.7 Å². The Balaban J connectivity index is 1.93. The molecule has 0 spiro atoms. The first-order valence-corrected chi connectivity index (χ1v) is 9.33. The van der Waals surface area contributed by atoms with Crippen LogP contribution in [0.2, 0.25) is 0 Å². The van der Waals surface area contributed by atoms with Gasteiger partial charge in [-0.25, -0.2) is 4.98 Å². The van der Waals surface area contributed by atoms with E-state index < -0.39 is 5.56 Å². The highest BCUT2D eigenvalue weighted by Crippen LogP contribution is 2.24. The molecular formula is C19H14BrN3OS. The highest BCUT2D eigenvalue weighted by atomic mass is 79.9. The van der Waals surface area contributed by atoms with Gasteiger partial charge in [0.05, 0.1) is 5.69 Å². The highest BCUT2D eigenvalue weighted by Gasteiger charge is 2.13. The van der Waals surface area contributed by atoms with Crippen molar-refractivity contribution in [3.63, 3.8) is 0 Å². The lowest BCUT2D eigenvalue weighted by Crippen LogP contribution is -2.14. The van der Waals surface area contributed by atoms with Crippen molar-refractivity contribution in [2.24, 2.45) is 0 Å². The number of aromatic amines is 1. The predicted molar refractivity (Wildman–Crippen MR) is 103 cm³/mol. The van der Waals surface area contributed by atoms with Crippen LogP contribution >= 0.6 is 27.7 Å². The van der Waals surface area contributed by atoms with Gasteiger partial charge in [-0.15, -0.1) is 0 Å². The summed E-state index contributed by atoms with van der Waals surface area (Å²) in [6, 6.07) is 17.6. The Labute approximate surface area is 158 Å². The SMILES string of the molecule is Cc1ccc(-c2nc(SCc3ccc(Br)cc3)[nH]c(=O)c2C#N)cc1. The van der Waals surface area contributed by atoms with E-state index in [1.165, 1.54) is 11.8 Å². The number of halogens is 1. The van der Waals surface area contributed by atoms with E-state index in [1.807, 2.05) is 61.5 Å². The van der Waals surface area contributed by atoms with Crippen LogP contribution in [0.15, 0.2) is 63.0 Å². The summed E-state index contributed by atoms with van der Waals surface area (Å²) in [6.07, 6.45) is 0. The number of aromatic nitrogens is 2. The molecule has 25 heavy (non-hydrogen) atoms. The number of aryl methyl sites for hydroxylation is 1. The molecule has 3 aromatic rings. The fourth-order valence-corrected chi connectivity index (χ4v) is 3.36. The number of hydrogen-bond donors (Lipinski definition) is 1. The zero-order chi connectivity index (χ0) is 17.8. The average molecular weight is 412 g/mol. The minimum Gasteiger partial charge on any atom is -0.300 e. The molecule has 0 atom stereocenters. The standard InChI is InChI=1S/C19H14BrN3OS/c1-12-2-6-14(7-3-12)17-16(10-21)18(24)23-19(22-17)25-11-13-4-8-15(20)9-5-13/h2-9H,11H2,1H3,(H,22,23,24). The summed E-state index contributed by atoms with van der Waals surface area (Å²) in [6.45, 7) is 1.99. The number of benzene rings is 2. The Hall–Kier alpha value is -2.36. The summed E-state index contributed by atoms with van der Waals surface area (Å²) < 4.78 is 1.02. The lowest BCUT2D eigenvalue weighted by molar-refractivity contribution is 0.934. The average Bonchev–Trinajstić information content (AvgIpc) is 2.61. The van der Waals surface area contributed by atoms with Crippen molar-refractivity contribution < 1.29 is 0 Å². The van der Waals surface area contributed by atoms with Crippen LogP contribution in [0.25, 0.3) is 11.3 Å². The van der Waals surface area contributed by atoms with E-state index in [1.54, 1.807) is 0 Å². The quantitative estimate of drug-likeness (QED) is 0.499. The molecule has 0 amide bonds. The van der Waals surface area contributed by atoms with Crippen molar-refractivity contribution in [1.82, 2.24) is 9.97 Å².